The van der Waals surface area contributed by atoms with Gasteiger partial charge in [0.2, 0.25) is 0 Å². The van der Waals surface area contributed by atoms with Gasteiger partial charge in [-0.1, -0.05) is 15.9 Å². The third-order valence-corrected chi connectivity index (χ3v) is 2.84. The molecule has 1 atom stereocenters. The van der Waals surface area contributed by atoms with Crippen molar-refractivity contribution >= 4 is 21.8 Å². The van der Waals surface area contributed by atoms with Crippen molar-refractivity contribution in [3.05, 3.63) is 28.2 Å². The minimum Gasteiger partial charge on any atom is -0.496 e. The Hall–Kier alpha value is -1.07. The van der Waals surface area contributed by atoms with Gasteiger partial charge in [-0.3, -0.25) is 4.79 Å². The van der Waals surface area contributed by atoms with Crippen LogP contribution in [0.5, 0.6) is 5.75 Å². The predicted octanol–water partition coefficient (Wildman–Crippen LogP) is 1.96. The Morgan fingerprint density at radius 1 is 1.59 bits per heavy atom. The van der Waals surface area contributed by atoms with E-state index in [2.05, 4.69) is 21.2 Å². The van der Waals surface area contributed by atoms with Crippen LogP contribution >= 0.6 is 15.9 Å². The molecule has 0 saturated carbocycles. The third kappa shape index (κ3) is 4.02. The van der Waals surface area contributed by atoms with Gasteiger partial charge in [0.1, 0.15) is 5.75 Å². The lowest BCUT2D eigenvalue weighted by molar-refractivity contribution is 0.0931. The summed E-state index contributed by atoms with van der Waals surface area (Å²) in [6.45, 7) is 1.90. The van der Waals surface area contributed by atoms with Gasteiger partial charge in [0, 0.05) is 17.1 Å². The molecule has 0 bridgehead atoms. The second-order valence-electron chi connectivity index (χ2n) is 3.73. The Labute approximate surface area is 109 Å². The molecule has 0 heterocycles. The van der Waals surface area contributed by atoms with Crippen molar-refractivity contribution in [2.24, 2.45) is 0 Å². The molecule has 17 heavy (non-hydrogen) atoms. The Balaban J connectivity index is 2.81. The predicted molar refractivity (Wildman–Crippen MR) is 69.3 cm³/mol. The summed E-state index contributed by atoms with van der Waals surface area (Å²) < 4.78 is 6.00. The molecular weight excluding hydrogens is 286 g/mol. The van der Waals surface area contributed by atoms with Crippen molar-refractivity contribution in [2.75, 3.05) is 13.7 Å². The lowest BCUT2D eigenvalue weighted by atomic mass is 10.1. The van der Waals surface area contributed by atoms with Crippen LogP contribution in [0.1, 0.15) is 23.7 Å². The summed E-state index contributed by atoms with van der Waals surface area (Å²) in [5, 5.41) is 11.6. The second-order valence-corrected chi connectivity index (χ2v) is 4.65. The molecule has 4 nitrogen and oxygen atoms in total. The monoisotopic (exact) mass is 301 g/mol. The summed E-state index contributed by atoms with van der Waals surface area (Å²) in [5.41, 5.74) is 0.487. The van der Waals surface area contributed by atoms with E-state index in [1.54, 1.807) is 18.2 Å². The molecule has 0 aliphatic rings. The normalized spacial score (nSPS) is 12.0. The van der Waals surface area contributed by atoms with Gasteiger partial charge in [-0.25, -0.2) is 0 Å². The molecule has 0 fully saturated rings. The van der Waals surface area contributed by atoms with Crippen molar-refractivity contribution in [1.82, 2.24) is 5.32 Å². The topological polar surface area (TPSA) is 58.6 Å². The molecule has 0 aliphatic carbocycles. The van der Waals surface area contributed by atoms with Crippen molar-refractivity contribution < 1.29 is 14.6 Å². The molecule has 94 valence electrons. The van der Waals surface area contributed by atoms with Crippen LogP contribution in [0.15, 0.2) is 22.7 Å². The first-order chi connectivity index (χ1) is 8.08. The smallest absolute Gasteiger partial charge is 0.255 e. The van der Waals surface area contributed by atoms with Crippen molar-refractivity contribution in [3.8, 4) is 5.75 Å². The Morgan fingerprint density at radius 3 is 2.88 bits per heavy atom. The Kier molecular flexibility index (Phi) is 5.44. The lowest BCUT2D eigenvalue weighted by Crippen LogP contribution is -2.33. The molecule has 0 aromatic heterocycles. The average Bonchev–Trinajstić information content (AvgIpc) is 2.28. The van der Waals surface area contributed by atoms with Crippen LogP contribution < -0.4 is 10.1 Å². The van der Waals surface area contributed by atoms with Crippen LogP contribution in [-0.2, 0) is 0 Å². The van der Waals surface area contributed by atoms with Crippen LogP contribution in [0.4, 0.5) is 0 Å². The summed E-state index contributed by atoms with van der Waals surface area (Å²) in [4.78, 5) is 11.9. The number of ether oxygens (including phenoxy) is 1. The van der Waals surface area contributed by atoms with Crippen molar-refractivity contribution in [1.29, 1.82) is 0 Å². The van der Waals surface area contributed by atoms with Crippen LogP contribution in [0.3, 0.4) is 0 Å². The molecule has 1 unspecified atom stereocenters. The highest BCUT2D eigenvalue weighted by atomic mass is 79.9. The van der Waals surface area contributed by atoms with Gasteiger partial charge < -0.3 is 15.2 Å². The fourth-order valence-electron chi connectivity index (χ4n) is 1.42. The minimum absolute atomic E-state index is 0.0545. The number of rotatable bonds is 5. The summed E-state index contributed by atoms with van der Waals surface area (Å²) >= 11 is 3.32. The number of aliphatic hydroxyl groups is 1. The van der Waals surface area contributed by atoms with Gasteiger partial charge in [-0.05, 0) is 31.5 Å². The van der Waals surface area contributed by atoms with Crippen molar-refractivity contribution in [2.45, 2.75) is 19.4 Å². The first-order valence-corrected chi connectivity index (χ1v) is 6.13. The van der Waals surface area contributed by atoms with Crippen LogP contribution in [0.2, 0.25) is 0 Å². The first-order valence-electron chi connectivity index (χ1n) is 5.33. The van der Waals surface area contributed by atoms with Gasteiger partial charge in [-0.15, -0.1) is 0 Å². The van der Waals surface area contributed by atoms with Gasteiger partial charge in [0.15, 0.2) is 0 Å². The van der Waals surface area contributed by atoms with E-state index in [9.17, 15) is 4.79 Å². The summed E-state index contributed by atoms with van der Waals surface area (Å²) in [5.74, 6) is 0.323. The maximum Gasteiger partial charge on any atom is 0.255 e. The number of nitrogens with one attached hydrogen (secondary N) is 1. The standard InChI is InChI=1S/C12H16BrNO3/c1-8(5-6-15)14-12(16)10-4-3-9(13)7-11(10)17-2/h3-4,7-8,15H,5-6H2,1-2H3,(H,14,16). The number of methoxy groups -OCH3 is 1. The quantitative estimate of drug-likeness (QED) is 0.874. The molecule has 1 amide bonds. The first kappa shape index (κ1) is 14.0. The van der Waals surface area contributed by atoms with Crippen LogP contribution in [0.25, 0.3) is 0 Å². The molecular formula is C12H16BrNO3. The molecule has 0 aliphatic heterocycles. The molecule has 0 saturated heterocycles. The zero-order valence-corrected chi connectivity index (χ0v) is 11.5. The Morgan fingerprint density at radius 2 is 2.29 bits per heavy atom. The summed E-state index contributed by atoms with van der Waals surface area (Å²) in [7, 11) is 1.52. The summed E-state index contributed by atoms with van der Waals surface area (Å²) in [6, 6.07) is 5.16. The van der Waals surface area contributed by atoms with E-state index in [4.69, 9.17) is 9.84 Å². The van der Waals surface area contributed by atoms with Gasteiger partial charge in [0.05, 0.1) is 12.7 Å². The number of carbonyl (C=O) groups excluding carboxylic acids is 1. The third-order valence-electron chi connectivity index (χ3n) is 2.35. The zero-order valence-electron chi connectivity index (χ0n) is 9.87. The highest BCUT2D eigenvalue weighted by Gasteiger charge is 2.14. The number of hydrogen-bond acceptors (Lipinski definition) is 3. The van der Waals surface area contributed by atoms with E-state index in [-0.39, 0.29) is 18.6 Å². The number of carbonyl (C=O) groups is 1. The molecule has 1 rings (SSSR count). The maximum absolute atomic E-state index is 11.9. The number of hydrogen-bond donors (Lipinski definition) is 2. The fourth-order valence-corrected chi connectivity index (χ4v) is 1.76. The van der Waals surface area contributed by atoms with E-state index < -0.39 is 0 Å². The SMILES string of the molecule is COc1cc(Br)ccc1C(=O)NC(C)CCO. The van der Waals surface area contributed by atoms with Gasteiger partial charge in [0.25, 0.3) is 5.91 Å². The molecule has 0 spiro atoms. The number of halogens is 1. The Bertz CT molecular complexity index is 395. The highest BCUT2D eigenvalue weighted by Crippen LogP contribution is 2.23. The molecule has 1 aromatic rings. The van der Waals surface area contributed by atoms with E-state index >= 15 is 0 Å². The van der Waals surface area contributed by atoms with Crippen LogP contribution in [0, 0.1) is 0 Å². The van der Waals surface area contributed by atoms with Crippen molar-refractivity contribution in [3.63, 3.8) is 0 Å². The molecule has 5 heteroatoms. The maximum atomic E-state index is 11.9. The average molecular weight is 302 g/mol. The molecule has 1 aromatic carbocycles. The minimum atomic E-state index is -0.199. The van der Waals surface area contributed by atoms with E-state index in [1.165, 1.54) is 7.11 Å². The van der Waals surface area contributed by atoms with E-state index in [1.807, 2.05) is 6.92 Å². The summed E-state index contributed by atoms with van der Waals surface area (Å²) in [6.07, 6.45) is 0.532. The lowest BCUT2D eigenvalue weighted by Gasteiger charge is -2.14. The van der Waals surface area contributed by atoms with E-state index in [0.29, 0.717) is 17.7 Å². The zero-order chi connectivity index (χ0) is 12.8. The van der Waals surface area contributed by atoms with Gasteiger partial charge >= 0.3 is 0 Å². The largest absolute Gasteiger partial charge is 0.496 e. The van der Waals surface area contributed by atoms with Gasteiger partial charge in [-0.2, -0.15) is 0 Å². The second kappa shape index (κ2) is 6.61. The number of benzene rings is 1. The fraction of sp³-hybridized carbons (Fsp3) is 0.417. The molecule has 0 radical (unpaired) electrons. The highest BCUT2D eigenvalue weighted by molar-refractivity contribution is 9.10. The van der Waals surface area contributed by atoms with E-state index in [0.717, 1.165) is 4.47 Å². The van der Waals surface area contributed by atoms with Crippen LogP contribution in [-0.4, -0.2) is 30.8 Å². The number of amides is 1. The molecule has 2 N–H and O–H groups in total. The number of aliphatic hydroxyl groups excluding tert-OH is 1.